The Balaban J connectivity index is 1.74. The quantitative estimate of drug-likeness (QED) is 0.744. The maximum Gasteiger partial charge on any atom is 0.166 e. The number of rotatable bonds is 7. The number of thiocarbonyl (C=S) groups is 1. The third-order valence-electron chi connectivity index (χ3n) is 4.03. The van der Waals surface area contributed by atoms with E-state index in [1.807, 2.05) is 18.2 Å². The number of hydrogen-bond acceptors (Lipinski definition) is 4. The van der Waals surface area contributed by atoms with Crippen LogP contribution >= 0.6 is 12.2 Å². The molecule has 1 aromatic carbocycles. The van der Waals surface area contributed by atoms with Crippen LogP contribution in [0.3, 0.4) is 0 Å². The molecule has 0 saturated carbocycles. The van der Waals surface area contributed by atoms with Gasteiger partial charge in [-0.2, -0.15) is 0 Å². The Bertz CT molecular complexity index is 519. The van der Waals surface area contributed by atoms with E-state index in [1.165, 1.54) is 5.56 Å². The standard InChI is InChI=1S/C17H26N2O3S/c1-12(14-5-4-10-22-14)19-17(23)18-9-8-13-6-7-15(20-2)16(11-13)21-3/h6-7,11-12,14H,4-5,8-10H2,1-3H3,(H2,18,19,23)/t12-,14+/m0/s1. The van der Waals surface area contributed by atoms with Crippen LogP contribution in [0.4, 0.5) is 0 Å². The predicted molar refractivity (Wildman–Crippen MR) is 95.4 cm³/mol. The first kappa shape index (κ1) is 17.8. The smallest absolute Gasteiger partial charge is 0.166 e. The number of benzene rings is 1. The lowest BCUT2D eigenvalue weighted by molar-refractivity contribution is 0.0893. The zero-order valence-electron chi connectivity index (χ0n) is 14.1. The van der Waals surface area contributed by atoms with Crippen LogP contribution in [-0.2, 0) is 11.2 Å². The Morgan fingerprint density at radius 2 is 2.13 bits per heavy atom. The van der Waals surface area contributed by atoms with Crippen LogP contribution in [0, 0.1) is 0 Å². The maximum absolute atomic E-state index is 5.66. The third-order valence-corrected chi connectivity index (χ3v) is 4.29. The zero-order chi connectivity index (χ0) is 16.7. The minimum absolute atomic E-state index is 0.235. The van der Waals surface area contributed by atoms with Crippen molar-refractivity contribution in [1.82, 2.24) is 10.6 Å². The molecule has 1 aliphatic heterocycles. The van der Waals surface area contributed by atoms with E-state index >= 15 is 0 Å². The molecule has 1 saturated heterocycles. The number of hydrogen-bond donors (Lipinski definition) is 2. The van der Waals surface area contributed by atoms with E-state index in [-0.39, 0.29) is 12.1 Å². The zero-order valence-corrected chi connectivity index (χ0v) is 14.9. The van der Waals surface area contributed by atoms with E-state index in [0.29, 0.717) is 5.11 Å². The normalized spacial score (nSPS) is 18.3. The number of nitrogens with one attached hydrogen (secondary N) is 2. The summed E-state index contributed by atoms with van der Waals surface area (Å²) >= 11 is 5.35. The first-order valence-electron chi connectivity index (χ1n) is 8.01. The Labute approximate surface area is 143 Å². The molecule has 1 fully saturated rings. The minimum atomic E-state index is 0.235. The molecule has 0 aromatic heterocycles. The first-order chi connectivity index (χ1) is 11.1. The van der Waals surface area contributed by atoms with Gasteiger partial charge in [0.25, 0.3) is 0 Å². The van der Waals surface area contributed by atoms with E-state index < -0.39 is 0 Å². The summed E-state index contributed by atoms with van der Waals surface area (Å²) in [5, 5.41) is 7.22. The van der Waals surface area contributed by atoms with Crippen LogP contribution in [0.2, 0.25) is 0 Å². The molecule has 0 radical (unpaired) electrons. The predicted octanol–water partition coefficient (Wildman–Crippen LogP) is 2.28. The molecule has 2 atom stereocenters. The molecule has 23 heavy (non-hydrogen) atoms. The second kappa shape index (κ2) is 8.93. The number of ether oxygens (including phenoxy) is 3. The van der Waals surface area contributed by atoms with Crippen molar-refractivity contribution >= 4 is 17.3 Å². The van der Waals surface area contributed by atoms with Gasteiger partial charge in [0.05, 0.1) is 26.4 Å². The van der Waals surface area contributed by atoms with Gasteiger partial charge in [0.2, 0.25) is 0 Å². The van der Waals surface area contributed by atoms with Gasteiger partial charge in [0.15, 0.2) is 16.6 Å². The second-order valence-corrected chi connectivity index (χ2v) is 6.09. The molecular weight excluding hydrogens is 312 g/mol. The molecule has 0 spiro atoms. The van der Waals surface area contributed by atoms with Crippen molar-refractivity contribution in [3.8, 4) is 11.5 Å². The lowest BCUT2D eigenvalue weighted by atomic mass is 10.1. The summed E-state index contributed by atoms with van der Waals surface area (Å²) in [4.78, 5) is 0. The first-order valence-corrected chi connectivity index (χ1v) is 8.41. The van der Waals surface area contributed by atoms with Crippen LogP contribution in [0.15, 0.2) is 18.2 Å². The third kappa shape index (κ3) is 5.25. The van der Waals surface area contributed by atoms with Gasteiger partial charge in [-0.25, -0.2) is 0 Å². The molecule has 0 amide bonds. The van der Waals surface area contributed by atoms with Crippen LogP contribution in [0.25, 0.3) is 0 Å². The molecule has 1 heterocycles. The van der Waals surface area contributed by atoms with E-state index in [1.54, 1.807) is 14.2 Å². The molecule has 6 heteroatoms. The Morgan fingerprint density at radius 3 is 2.78 bits per heavy atom. The van der Waals surface area contributed by atoms with Gasteiger partial charge in [-0.05, 0) is 56.1 Å². The summed E-state index contributed by atoms with van der Waals surface area (Å²) in [6.07, 6.45) is 3.36. The van der Waals surface area contributed by atoms with Crippen LogP contribution in [0.5, 0.6) is 11.5 Å². The van der Waals surface area contributed by atoms with Gasteiger partial charge in [-0.1, -0.05) is 6.07 Å². The van der Waals surface area contributed by atoms with Crippen molar-refractivity contribution in [1.29, 1.82) is 0 Å². The fraction of sp³-hybridized carbons (Fsp3) is 0.588. The molecule has 0 unspecified atom stereocenters. The average Bonchev–Trinajstić information content (AvgIpc) is 3.09. The van der Waals surface area contributed by atoms with Gasteiger partial charge in [-0.3, -0.25) is 0 Å². The summed E-state index contributed by atoms with van der Waals surface area (Å²) in [7, 11) is 3.28. The fourth-order valence-electron chi connectivity index (χ4n) is 2.70. The highest BCUT2D eigenvalue weighted by molar-refractivity contribution is 7.80. The lowest BCUT2D eigenvalue weighted by Gasteiger charge is -2.22. The summed E-state index contributed by atoms with van der Waals surface area (Å²) in [5.41, 5.74) is 1.17. The van der Waals surface area contributed by atoms with Crippen molar-refractivity contribution < 1.29 is 14.2 Å². The summed E-state index contributed by atoms with van der Waals surface area (Å²) in [6.45, 7) is 3.73. The van der Waals surface area contributed by atoms with Gasteiger partial charge < -0.3 is 24.8 Å². The second-order valence-electron chi connectivity index (χ2n) is 5.68. The van der Waals surface area contributed by atoms with Crippen LogP contribution in [0.1, 0.15) is 25.3 Å². The summed E-state index contributed by atoms with van der Waals surface area (Å²) < 4.78 is 16.2. The monoisotopic (exact) mass is 338 g/mol. The van der Waals surface area contributed by atoms with Crippen LogP contribution in [-0.4, -0.2) is 44.6 Å². The van der Waals surface area contributed by atoms with Crippen molar-refractivity contribution in [2.24, 2.45) is 0 Å². The highest BCUT2D eigenvalue weighted by atomic mass is 32.1. The lowest BCUT2D eigenvalue weighted by Crippen LogP contribution is -2.46. The molecule has 0 bridgehead atoms. The van der Waals surface area contributed by atoms with Gasteiger partial charge in [0.1, 0.15) is 0 Å². The van der Waals surface area contributed by atoms with E-state index in [0.717, 1.165) is 43.9 Å². The van der Waals surface area contributed by atoms with Gasteiger partial charge >= 0.3 is 0 Å². The van der Waals surface area contributed by atoms with E-state index in [2.05, 4.69) is 17.6 Å². The molecular formula is C17H26N2O3S. The molecule has 1 aromatic rings. The largest absolute Gasteiger partial charge is 0.493 e. The van der Waals surface area contributed by atoms with Crippen molar-refractivity contribution in [2.75, 3.05) is 27.4 Å². The summed E-state index contributed by atoms with van der Waals surface area (Å²) in [5.74, 6) is 1.49. The molecule has 2 rings (SSSR count). The van der Waals surface area contributed by atoms with Crippen molar-refractivity contribution in [3.05, 3.63) is 23.8 Å². The highest BCUT2D eigenvalue weighted by Gasteiger charge is 2.22. The molecule has 0 aliphatic carbocycles. The van der Waals surface area contributed by atoms with Gasteiger partial charge in [-0.15, -0.1) is 0 Å². The van der Waals surface area contributed by atoms with Crippen molar-refractivity contribution in [3.63, 3.8) is 0 Å². The SMILES string of the molecule is COc1ccc(CCNC(=S)N[C@@H](C)[C@H]2CCCO2)cc1OC. The fourth-order valence-corrected chi connectivity index (χ4v) is 2.99. The van der Waals surface area contributed by atoms with Gasteiger partial charge in [0, 0.05) is 13.2 Å². The maximum atomic E-state index is 5.66. The topological polar surface area (TPSA) is 51.8 Å². The molecule has 2 N–H and O–H groups in total. The molecule has 1 aliphatic rings. The van der Waals surface area contributed by atoms with Crippen molar-refractivity contribution in [2.45, 2.75) is 38.3 Å². The summed E-state index contributed by atoms with van der Waals surface area (Å²) in [6, 6.07) is 6.18. The van der Waals surface area contributed by atoms with E-state index in [4.69, 9.17) is 26.4 Å². The highest BCUT2D eigenvalue weighted by Crippen LogP contribution is 2.27. The Kier molecular flexibility index (Phi) is 6.92. The Morgan fingerprint density at radius 1 is 1.35 bits per heavy atom. The van der Waals surface area contributed by atoms with E-state index in [9.17, 15) is 0 Å². The molecule has 128 valence electrons. The Hall–Kier alpha value is -1.53. The van der Waals surface area contributed by atoms with Crippen LogP contribution < -0.4 is 20.1 Å². The number of methoxy groups -OCH3 is 2. The molecule has 5 nitrogen and oxygen atoms in total. The minimum Gasteiger partial charge on any atom is -0.493 e. The average molecular weight is 338 g/mol.